The Morgan fingerprint density at radius 3 is 2.93 bits per heavy atom. The monoisotopic (exact) mass is 194 g/mol. The Morgan fingerprint density at radius 1 is 1.57 bits per heavy atom. The van der Waals surface area contributed by atoms with Crippen molar-refractivity contribution < 1.29 is 5.11 Å². The molecule has 14 heavy (non-hydrogen) atoms. The van der Waals surface area contributed by atoms with Gasteiger partial charge in [-0.3, -0.25) is 0 Å². The molecule has 0 aliphatic heterocycles. The van der Waals surface area contributed by atoms with Crippen LogP contribution in [0.3, 0.4) is 0 Å². The molecule has 0 unspecified atom stereocenters. The van der Waals surface area contributed by atoms with Crippen molar-refractivity contribution in [2.75, 3.05) is 6.61 Å². The van der Waals surface area contributed by atoms with Crippen molar-refractivity contribution >= 4 is 0 Å². The van der Waals surface area contributed by atoms with Crippen LogP contribution < -0.4 is 0 Å². The molecule has 1 heterocycles. The fourth-order valence-corrected chi connectivity index (χ4v) is 1.37. The summed E-state index contributed by atoms with van der Waals surface area (Å²) in [5.41, 5.74) is 1.71. The van der Waals surface area contributed by atoms with Gasteiger partial charge in [0.05, 0.1) is 37.0 Å². The zero-order valence-electron chi connectivity index (χ0n) is 8.27. The van der Waals surface area contributed by atoms with Crippen LogP contribution in [0.25, 0.3) is 0 Å². The zero-order chi connectivity index (χ0) is 10.4. The maximum absolute atomic E-state index is 8.80. The number of nitrogens with zero attached hydrogens (tertiary/aromatic N) is 4. The lowest BCUT2D eigenvalue weighted by Gasteiger charge is -2.03. The minimum Gasteiger partial charge on any atom is -0.394 e. The third-order valence-corrected chi connectivity index (χ3v) is 1.96. The van der Waals surface area contributed by atoms with Crippen LogP contribution in [0.15, 0.2) is 0 Å². The van der Waals surface area contributed by atoms with Gasteiger partial charge in [0, 0.05) is 0 Å². The van der Waals surface area contributed by atoms with E-state index >= 15 is 0 Å². The van der Waals surface area contributed by atoms with E-state index in [9.17, 15) is 0 Å². The predicted octanol–water partition coefficient (Wildman–Crippen LogP) is 0.289. The topological polar surface area (TPSA) is 74.7 Å². The number of hydrogen-bond donors (Lipinski definition) is 1. The van der Waals surface area contributed by atoms with Crippen molar-refractivity contribution in [3.8, 4) is 6.07 Å². The molecule has 0 aliphatic rings. The van der Waals surface area contributed by atoms with Gasteiger partial charge < -0.3 is 5.11 Å². The van der Waals surface area contributed by atoms with Crippen LogP contribution in [0.1, 0.15) is 24.7 Å². The van der Waals surface area contributed by atoms with Gasteiger partial charge in [0.15, 0.2) is 0 Å². The normalized spacial score (nSPS) is 10.1. The number of rotatable bonds is 5. The molecule has 0 bridgehead atoms. The molecule has 0 aliphatic carbocycles. The largest absolute Gasteiger partial charge is 0.394 e. The molecule has 0 aromatic carbocycles. The second-order valence-corrected chi connectivity index (χ2v) is 3.01. The lowest BCUT2D eigenvalue weighted by molar-refractivity contribution is 0.265. The van der Waals surface area contributed by atoms with Gasteiger partial charge in [-0.15, -0.1) is 5.10 Å². The average Bonchev–Trinajstić information content (AvgIpc) is 2.52. The maximum atomic E-state index is 8.80. The van der Waals surface area contributed by atoms with Crippen LogP contribution >= 0.6 is 0 Å². The van der Waals surface area contributed by atoms with Crippen molar-refractivity contribution in [3.63, 3.8) is 0 Å². The van der Waals surface area contributed by atoms with Crippen molar-refractivity contribution in [3.05, 3.63) is 11.4 Å². The third-order valence-electron chi connectivity index (χ3n) is 1.96. The number of nitriles is 1. The third kappa shape index (κ3) is 2.30. The molecule has 0 spiro atoms. The standard InChI is InChI=1S/C9H14N4O/c1-2-3-9-8(4-5-10)11-12-13(9)6-7-14/h14H,2-4,6-7H2,1H3. The molecule has 1 rings (SSSR count). The molecular formula is C9H14N4O. The summed E-state index contributed by atoms with van der Waals surface area (Å²) in [5, 5.41) is 25.2. The predicted molar refractivity (Wildman–Crippen MR) is 50.4 cm³/mol. The first-order valence-corrected chi connectivity index (χ1v) is 4.72. The summed E-state index contributed by atoms with van der Waals surface area (Å²) in [6, 6.07) is 2.06. The van der Waals surface area contributed by atoms with Gasteiger partial charge in [-0.2, -0.15) is 5.26 Å². The molecule has 0 saturated heterocycles. The molecule has 1 N–H and O–H groups in total. The Morgan fingerprint density at radius 2 is 2.36 bits per heavy atom. The van der Waals surface area contributed by atoms with Gasteiger partial charge in [0.1, 0.15) is 0 Å². The fourth-order valence-electron chi connectivity index (χ4n) is 1.37. The molecule has 5 nitrogen and oxygen atoms in total. The minimum atomic E-state index is 0.0477. The van der Waals surface area contributed by atoms with Gasteiger partial charge >= 0.3 is 0 Å². The van der Waals surface area contributed by atoms with Crippen molar-refractivity contribution in [1.29, 1.82) is 5.26 Å². The summed E-state index contributed by atoms with van der Waals surface area (Å²) < 4.78 is 1.68. The fraction of sp³-hybridized carbons (Fsp3) is 0.667. The highest BCUT2D eigenvalue weighted by Crippen LogP contribution is 2.08. The van der Waals surface area contributed by atoms with E-state index in [0.717, 1.165) is 24.2 Å². The summed E-state index contributed by atoms with van der Waals surface area (Å²) in [6.45, 7) is 2.56. The summed E-state index contributed by atoms with van der Waals surface area (Å²) in [4.78, 5) is 0. The average molecular weight is 194 g/mol. The van der Waals surface area contributed by atoms with E-state index in [1.807, 2.05) is 0 Å². The quantitative estimate of drug-likeness (QED) is 0.731. The number of hydrogen-bond acceptors (Lipinski definition) is 4. The van der Waals surface area contributed by atoms with Gasteiger partial charge in [-0.25, -0.2) is 4.68 Å². The van der Waals surface area contributed by atoms with Gasteiger partial charge in [-0.1, -0.05) is 18.6 Å². The summed E-state index contributed by atoms with van der Waals surface area (Å²) >= 11 is 0. The highest BCUT2D eigenvalue weighted by molar-refractivity contribution is 5.14. The van der Waals surface area contributed by atoms with Crippen LogP contribution in [0.4, 0.5) is 0 Å². The smallest absolute Gasteiger partial charge is 0.0999 e. The first-order chi connectivity index (χ1) is 6.83. The first-order valence-electron chi connectivity index (χ1n) is 4.72. The van der Waals surface area contributed by atoms with Gasteiger partial charge in [0.2, 0.25) is 0 Å². The number of aromatic nitrogens is 3. The number of aliphatic hydroxyl groups is 1. The second kappa shape index (κ2) is 5.35. The van der Waals surface area contributed by atoms with Gasteiger partial charge in [0.25, 0.3) is 0 Å². The second-order valence-electron chi connectivity index (χ2n) is 3.01. The minimum absolute atomic E-state index is 0.0477. The summed E-state index contributed by atoms with van der Waals surface area (Å²) in [5.74, 6) is 0. The van der Waals surface area contributed by atoms with E-state index in [1.54, 1.807) is 4.68 Å². The molecule has 5 heteroatoms. The maximum Gasteiger partial charge on any atom is 0.0999 e. The van der Waals surface area contributed by atoms with Crippen LogP contribution in [0.5, 0.6) is 0 Å². The van der Waals surface area contributed by atoms with E-state index in [4.69, 9.17) is 10.4 Å². The van der Waals surface area contributed by atoms with Crippen LogP contribution in [0.2, 0.25) is 0 Å². The van der Waals surface area contributed by atoms with Gasteiger partial charge in [-0.05, 0) is 6.42 Å². The Hall–Kier alpha value is -1.41. The SMILES string of the molecule is CCCc1c(CC#N)nnn1CCO. The zero-order valence-corrected chi connectivity index (χ0v) is 8.27. The number of aliphatic hydroxyl groups excluding tert-OH is 1. The van der Waals surface area contributed by atoms with E-state index in [-0.39, 0.29) is 6.61 Å². The molecule has 1 aromatic heterocycles. The first kappa shape index (κ1) is 10.7. The highest BCUT2D eigenvalue weighted by Gasteiger charge is 2.10. The van der Waals surface area contributed by atoms with E-state index in [2.05, 4.69) is 23.3 Å². The molecule has 1 aromatic rings. The summed E-state index contributed by atoms with van der Waals surface area (Å²) in [6.07, 6.45) is 2.13. The van der Waals surface area contributed by atoms with E-state index in [0.29, 0.717) is 13.0 Å². The van der Waals surface area contributed by atoms with Crippen molar-refractivity contribution in [2.24, 2.45) is 0 Å². The van der Waals surface area contributed by atoms with E-state index < -0.39 is 0 Å². The van der Waals surface area contributed by atoms with Crippen molar-refractivity contribution in [2.45, 2.75) is 32.7 Å². The molecule has 0 atom stereocenters. The lowest BCUT2D eigenvalue weighted by atomic mass is 10.2. The Labute approximate surface area is 83.0 Å². The van der Waals surface area contributed by atoms with Crippen molar-refractivity contribution in [1.82, 2.24) is 15.0 Å². The Kier molecular flexibility index (Phi) is 4.08. The molecule has 0 saturated carbocycles. The molecule has 0 fully saturated rings. The van der Waals surface area contributed by atoms with E-state index in [1.165, 1.54) is 0 Å². The Balaban J connectivity index is 2.89. The van der Waals surface area contributed by atoms with Crippen LogP contribution in [-0.2, 0) is 19.4 Å². The molecule has 76 valence electrons. The lowest BCUT2D eigenvalue weighted by Crippen LogP contribution is -2.08. The molecular weight excluding hydrogens is 180 g/mol. The molecule has 0 amide bonds. The van der Waals surface area contributed by atoms with Crippen LogP contribution in [-0.4, -0.2) is 26.7 Å². The van der Waals surface area contributed by atoms with Crippen LogP contribution in [0, 0.1) is 11.3 Å². The Bertz CT molecular complexity index is 326. The summed E-state index contributed by atoms with van der Waals surface area (Å²) in [7, 11) is 0. The molecule has 0 radical (unpaired) electrons. The highest BCUT2D eigenvalue weighted by atomic mass is 16.3.